The standard InChI is InChI=1S/C17H22FNO4/c1-3-11-6-8-17(9-7-11,16(21)22)19-15(20)12-4-5-13(18)14(10-12)23-2/h4-5,10-11H,3,6-9H2,1-2H3,(H,19,20)(H,21,22). The van der Waals surface area contributed by atoms with Crippen molar-refractivity contribution in [3.05, 3.63) is 29.6 Å². The molecule has 1 fully saturated rings. The van der Waals surface area contributed by atoms with Gasteiger partial charge in [0.15, 0.2) is 11.6 Å². The molecule has 0 heterocycles. The predicted octanol–water partition coefficient (Wildman–Crippen LogP) is 2.99. The van der Waals surface area contributed by atoms with Gasteiger partial charge in [0.05, 0.1) is 7.11 Å². The Bertz CT molecular complexity index is 594. The van der Waals surface area contributed by atoms with Crippen molar-refractivity contribution in [1.29, 1.82) is 0 Å². The lowest BCUT2D eigenvalue weighted by Gasteiger charge is -2.37. The van der Waals surface area contributed by atoms with E-state index in [0.29, 0.717) is 18.8 Å². The second-order valence-electron chi connectivity index (χ2n) is 6.04. The highest BCUT2D eigenvalue weighted by atomic mass is 19.1. The van der Waals surface area contributed by atoms with E-state index in [0.717, 1.165) is 25.3 Å². The van der Waals surface area contributed by atoms with Gasteiger partial charge in [0.2, 0.25) is 0 Å². The molecule has 0 atom stereocenters. The van der Waals surface area contributed by atoms with Crippen molar-refractivity contribution in [2.45, 2.75) is 44.6 Å². The Morgan fingerprint density at radius 1 is 1.39 bits per heavy atom. The summed E-state index contributed by atoms with van der Waals surface area (Å²) in [5.74, 6) is -1.66. The molecule has 2 rings (SSSR count). The number of hydrogen-bond donors (Lipinski definition) is 2. The number of amides is 1. The first-order chi connectivity index (χ1) is 10.9. The van der Waals surface area contributed by atoms with Crippen LogP contribution in [0.15, 0.2) is 18.2 Å². The van der Waals surface area contributed by atoms with Crippen LogP contribution >= 0.6 is 0 Å². The fraction of sp³-hybridized carbons (Fsp3) is 0.529. The number of halogens is 1. The molecule has 5 nitrogen and oxygen atoms in total. The highest BCUT2D eigenvalue weighted by Crippen LogP contribution is 2.34. The van der Waals surface area contributed by atoms with Gasteiger partial charge in [-0.3, -0.25) is 4.79 Å². The van der Waals surface area contributed by atoms with Crippen LogP contribution < -0.4 is 10.1 Å². The van der Waals surface area contributed by atoms with Gasteiger partial charge in [0.1, 0.15) is 5.54 Å². The van der Waals surface area contributed by atoms with Crippen LogP contribution in [0.4, 0.5) is 4.39 Å². The molecule has 6 heteroatoms. The van der Waals surface area contributed by atoms with E-state index in [-0.39, 0.29) is 11.3 Å². The molecule has 23 heavy (non-hydrogen) atoms. The highest BCUT2D eigenvalue weighted by Gasteiger charge is 2.43. The van der Waals surface area contributed by atoms with Gasteiger partial charge < -0.3 is 15.2 Å². The van der Waals surface area contributed by atoms with Crippen molar-refractivity contribution in [1.82, 2.24) is 5.32 Å². The summed E-state index contributed by atoms with van der Waals surface area (Å²) in [6.45, 7) is 2.09. The minimum Gasteiger partial charge on any atom is -0.494 e. The molecular weight excluding hydrogens is 301 g/mol. The molecule has 126 valence electrons. The SMILES string of the molecule is CCC1CCC(NC(=O)c2ccc(F)c(OC)c2)(C(=O)O)CC1. The minimum atomic E-state index is -1.25. The van der Waals surface area contributed by atoms with E-state index in [1.807, 2.05) is 0 Å². The Balaban J connectivity index is 2.17. The Hall–Kier alpha value is -2.11. The number of ether oxygens (including phenoxy) is 1. The number of carbonyl (C=O) groups is 2. The number of aliphatic carboxylic acids is 1. The second kappa shape index (κ2) is 6.98. The molecule has 2 N–H and O–H groups in total. The average molecular weight is 323 g/mol. The first kappa shape index (κ1) is 17.2. The zero-order chi connectivity index (χ0) is 17.0. The molecule has 0 saturated heterocycles. The van der Waals surface area contributed by atoms with Crippen molar-refractivity contribution in [2.24, 2.45) is 5.92 Å². The van der Waals surface area contributed by atoms with E-state index < -0.39 is 23.2 Å². The summed E-state index contributed by atoms with van der Waals surface area (Å²) in [6, 6.07) is 3.73. The molecule has 0 spiro atoms. The van der Waals surface area contributed by atoms with Crippen LogP contribution in [-0.2, 0) is 4.79 Å². The molecule has 0 unspecified atom stereocenters. The number of rotatable bonds is 5. The van der Waals surface area contributed by atoms with Gasteiger partial charge in [0, 0.05) is 5.56 Å². The number of hydrogen-bond acceptors (Lipinski definition) is 3. The quantitative estimate of drug-likeness (QED) is 0.873. The first-order valence-electron chi connectivity index (χ1n) is 7.81. The Kier molecular flexibility index (Phi) is 5.23. The van der Waals surface area contributed by atoms with Gasteiger partial charge in [0.25, 0.3) is 5.91 Å². The molecule has 1 aromatic rings. The second-order valence-corrected chi connectivity index (χ2v) is 6.04. The van der Waals surface area contributed by atoms with Crippen LogP contribution in [0, 0.1) is 11.7 Å². The molecule has 0 aliphatic heterocycles. The van der Waals surface area contributed by atoms with Crippen molar-refractivity contribution >= 4 is 11.9 Å². The molecule has 0 bridgehead atoms. The van der Waals surface area contributed by atoms with Crippen LogP contribution in [0.3, 0.4) is 0 Å². The number of carbonyl (C=O) groups excluding carboxylic acids is 1. The maximum absolute atomic E-state index is 13.4. The molecule has 1 aromatic carbocycles. The number of methoxy groups -OCH3 is 1. The lowest BCUT2D eigenvalue weighted by Crippen LogP contribution is -2.56. The smallest absolute Gasteiger partial charge is 0.329 e. The lowest BCUT2D eigenvalue weighted by atomic mass is 9.75. The third-order valence-electron chi connectivity index (χ3n) is 4.71. The Morgan fingerprint density at radius 3 is 2.57 bits per heavy atom. The van der Waals surface area contributed by atoms with Crippen molar-refractivity contribution in [3.63, 3.8) is 0 Å². The fourth-order valence-corrected chi connectivity index (χ4v) is 3.06. The number of carboxylic acid groups (broad SMARTS) is 1. The molecule has 1 amide bonds. The molecule has 1 aliphatic rings. The maximum Gasteiger partial charge on any atom is 0.329 e. The summed E-state index contributed by atoms with van der Waals surface area (Å²) in [5, 5.41) is 12.2. The van der Waals surface area contributed by atoms with Gasteiger partial charge in [-0.25, -0.2) is 9.18 Å². The average Bonchev–Trinajstić information content (AvgIpc) is 2.55. The van der Waals surface area contributed by atoms with E-state index in [9.17, 15) is 19.1 Å². The number of carboxylic acids is 1. The largest absolute Gasteiger partial charge is 0.494 e. The van der Waals surface area contributed by atoms with Crippen LogP contribution in [0.5, 0.6) is 5.75 Å². The van der Waals surface area contributed by atoms with Gasteiger partial charge in [-0.05, 0) is 49.8 Å². The summed E-state index contributed by atoms with van der Waals surface area (Å²) < 4.78 is 18.3. The summed E-state index contributed by atoms with van der Waals surface area (Å²) in [7, 11) is 1.31. The molecular formula is C17H22FNO4. The first-order valence-corrected chi connectivity index (χ1v) is 7.81. The monoisotopic (exact) mass is 323 g/mol. The number of nitrogens with one attached hydrogen (secondary N) is 1. The highest BCUT2D eigenvalue weighted by molar-refractivity contribution is 5.98. The van der Waals surface area contributed by atoms with Gasteiger partial charge >= 0.3 is 5.97 Å². The Morgan fingerprint density at radius 2 is 2.04 bits per heavy atom. The summed E-state index contributed by atoms with van der Waals surface area (Å²) >= 11 is 0. The van der Waals surface area contributed by atoms with Crippen LogP contribution in [0.1, 0.15) is 49.4 Å². The zero-order valence-electron chi connectivity index (χ0n) is 13.4. The van der Waals surface area contributed by atoms with Gasteiger partial charge in [-0.2, -0.15) is 0 Å². The minimum absolute atomic E-state index is 0.0447. The molecule has 1 aliphatic carbocycles. The summed E-state index contributed by atoms with van der Waals surface area (Å²) in [5.41, 5.74) is -1.06. The predicted molar refractivity (Wildman–Crippen MR) is 83.0 cm³/mol. The lowest BCUT2D eigenvalue weighted by molar-refractivity contribution is -0.146. The topological polar surface area (TPSA) is 75.6 Å². The summed E-state index contributed by atoms with van der Waals surface area (Å²) in [6.07, 6.45) is 3.38. The molecule has 0 radical (unpaired) electrons. The van der Waals surface area contributed by atoms with Crippen LogP contribution in [0.2, 0.25) is 0 Å². The van der Waals surface area contributed by atoms with E-state index in [1.54, 1.807) is 0 Å². The van der Waals surface area contributed by atoms with E-state index in [4.69, 9.17) is 4.74 Å². The number of benzene rings is 1. The van der Waals surface area contributed by atoms with E-state index in [2.05, 4.69) is 12.2 Å². The van der Waals surface area contributed by atoms with Gasteiger partial charge in [-0.1, -0.05) is 13.3 Å². The van der Waals surface area contributed by atoms with Crippen LogP contribution in [0.25, 0.3) is 0 Å². The third kappa shape index (κ3) is 3.63. The van der Waals surface area contributed by atoms with Crippen molar-refractivity contribution in [2.75, 3.05) is 7.11 Å². The summed E-state index contributed by atoms with van der Waals surface area (Å²) in [4.78, 5) is 24.1. The normalized spacial score (nSPS) is 24.0. The molecule has 0 aromatic heterocycles. The third-order valence-corrected chi connectivity index (χ3v) is 4.71. The fourth-order valence-electron chi connectivity index (χ4n) is 3.06. The van der Waals surface area contributed by atoms with Crippen LogP contribution in [-0.4, -0.2) is 29.6 Å². The van der Waals surface area contributed by atoms with Gasteiger partial charge in [-0.15, -0.1) is 0 Å². The molecule has 1 saturated carbocycles. The van der Waals surface area contributed by atoms with E-state index in [1.165, 1.54) is 19.2 Å². The zero-order valence-corrected chi connectivity index (χ0v) is 13.4. The Labute approximate surface area is 134 Å². The van der Waals surface area contributed by atoms with Crippen molar-refractivity contribution in [3.8, 4) is 5.75 Å². The van der Waals surface area contributed by atoms with E-state index >= 15 is 0 Å². The van der Waals surface area contributed by atoms with Crippen molar-refractivity contribution < 1.29 is 23.8 Å². The maximum atomic E-state index is 13.4.